The zero-order valence-electron chi connectivity index (χ0n) is 14.8. The SMILES string of the molecule is Cc1ccc(NC(=O)CSc2nnc3ccc(-c4ccncc4)nn23)cc1Cl. The lowest BCUT2D eigenvalue weighted by molar-refractivity contribution is -0.113. The quantitative estimate of drug-likeness (QED) is 0.502. The largest absolute Gasteiger partial charge is 0.325 e. The van der Waals surface area contributed by atoms with E-state index in [2.05, 4.69) is 25.6 Å². The van der Waals surface area contributed by atoms with Crippen molar-refractivity contribution in [3.05, 3.63) is 65.4 Å². The van der Waals surface area contributed by atoms with Crippen molar-refractivity contribution in [1.29, 1.82) is 0 Å². The third kappa shape index (κ3) is 3.97. The van der Waals surface area contributed by atoms with Crippen molar-refractivity contribution in [1.82, 2.24) is 24.8 Å². The highest BCUT2D eigenvalue weighted by molar-refractivity contribution is 7.99. The van der Waals surface area contributed by atoms with Crippen LogP contribution in [-0.4, -0.2) is 36.5 Å². The highest BCUT2D eigenvalue weighted by Crippen LogP contribution is 2.22. The minimum Gasteiger partial charge on any atom is -0.325 e. The highest BCUT2D eigenvalue weighted by atomic mass is 35.5. The lowest BCUT2D eigenvalue weighted by Crippen LogP contribution is -2.14. The van der Waals surface area contributed by atoms with E-state index in [1.165, 1.54) is 11.8 Å². The molecule has 0 aliphatic carbocycles. The van der Waals surface area contributed by atoms with Crippen molar-refractivity contribution in [2.75, 3.05) is 11.1 Å². The van der Waals surface area contributed by atoms with Crippen molar-refractivity contribution < 1.29 is 4.79 Å². The molecule has 0 bridgehead atoms. The van der Waals surface area contributed by atoms with Gasteiger partial charge in [-0.15, -0.1) is 10.2 Å². The molecule has 0 unspecified atom stereocenters. The van der Waals surface area contributed by atoms with Gasteiger partial charge in [0, 0.05) is 28.7 Å². The summed E-state index contributed by atoms with van der Waals surface area (Å²) in [7, 11) is 0. The lowest BCUT2D eigenvalue weighted by atomic mass is 10.2. The van der Waals surface area contributed by atoms with E-state index in [4.69, 9.17) is 11.6 Å². The Morgan fingerprint density at radius 2 is 1.96 bits per heavy atom. The second-order valence-corrected chi connectivity index (χ2v) is 7.36. The summed E-state index contributed by atoms with van der Waals surface area (Å²) >= 11 is 7.36. The molecule has 1 N–H and O–H groups in total. The standard InChI is InChI=1S/C19H15ClN6OS/c1-12-2-3-14(10-15(12)20)22-18(27)11-28-19-24-23-17-5-4-16(25-26(17)19)13-6-8-21-9-7-13/h2-10H,11H2,1H3,(H,22,27). The van der Waals surface area contributed by atoms with E-state index in [-0.39, 0.29) is 11.7 Å². The molecule has 0 aliphatic rings. The molecule has 140 valence electrons. The van der Waals surface area contributed by atoms with Gasteiger partial charge >= 0.3 is 0 Å². The van der Waals surface area contributed by atoms with Gasteiger partial charge in [-0.2, -0.15) is 9.61 Å². The molecule has 7 nitrogen and oxygen atoms in total. The summed E-state index contributed by atoms with van der Waals surface area (Å²) in [6, 6.07) is 12.9. The molecule has 0 saturated carbocycles. The second kappa shape index (κ2) is 7.95. The molecule has 3 aromatic heterocycles. The first-order chi connectivity index (χ1) is 13.6. The maximum Gasteiger partial charge on any atom is 0.234 e. The fourth-order valence-electron chi connectivity index (χ4n) is 2.53. The van der Waals surface area contributed by atoms with Crippen LogP contribution in [0.2, 0.25) is 5.02 Å². The Morgan fingerprint density at radius 1 is 1.14 bits per heavy atom. The van der Waals surface area contributed by atoms with Gasteiger partial charge in [0.15, 0.2) is 5.65 Å². The Bertz CT molecular complexity index is 1150. The van der Waals surface area contributed by atoms with Gasteiger partial charge in [-0.25, -0.2) is 0 Å². The van der Waals surface area contributed by atoms with E-state index >= 15 is 0 Å². The number of rotatable bonds is 5. The van der Waals surface area contributed by atoms with Crippen LogP contribution >= 0.6 is 23.4 Å². The third-order valence-corrected chi connectivity index (χ3v) is 5.32. The van der Waals surface area contributed by atoms with Gasteiger partial charge in [-0.1, -0.05) is 29.4 Å². The van der Waals surface area contributed by atoms with Crippen molar-refractivity contribution in [2.24, 2.45) is 0 Å². The zero-order chi connectivity index (χ0) is 19.5. The van der Waals surface area contributed by atoms with E-state index in [0.29, 0.717) is 21.5 Å². The smallest absolute Gasteiger partial charge is 0.234 e. The molecular formula is C19H15ClN6OS. The molecule has 0 spiro atoms. The van der Waals surface area contributed by atoms with E-state index in [1.807, 2.05) is 43.3 Å². The average Bonchev–Trinajstić information content (AvgIpc) is 3.12. The van der Waals surface area contributed by atoms with Crippen LogP contribution in [-0.2, 0) is 4.79 Å². The van der Waals surface area contributed by atoms with Crippen LogP contribution in [0, 0.1) is 6.92 Å². The molecule has 0 radical (unpaired) electrons. The predicted molar refractivity (Wildman–Crippen MR) is 110 cm³/mol. The molecule has 0 atom stereocenters. The van der Waals surface area contributed by atoms with Crippen LogP contribution in [0.4, 0.5) is 5.69 Å². The number of hydrogen-bond donors (Lipinski definition) is 1. The molecule has 28 heavy (non-hydrogen) atoms. The summed E-state index contributed by atoms with van der Waals surface area (Å²) in [5, 5.41) is 16.8. The molecular weight excluding hydrogens is 396 g/mol. The normalized spacial score (nSPS) is 10.9. The molecule has 0 aliphatic heterocycles. The monoisotopic (exact) mass is 410 g/mol. The molecule has 3 heterocycles. The van der Waals surface area contributed by atoms with Crippen LogP contribution in [0.1, 0.15) is 5.56 Å². The van der Waals surface area contributed by atoms with E-state index in [9.17, 15) is 4.79 Å². The van der Waals surface area contributed by atoms with Crippen LogP contribution in [0.25, 0.3) is 16.9 Å². The van der Waals surface area contributed by atoms with E-state index < -0.39 is 0 Å². The van der Waals surface area contributed by atoms with E-state index in [1.54, 1.807) is 23.0 Å². The Morgan fingerprint density at radius 3 is 2.75 bits per heavy atom. The van der Waals surface area contributed by atoms with Crippen LogP contribution in [0.5, 0.6) is 0 Å². The summed E-state index contributed by atoms with van der Waals surface area (Å²) in [6.07, 6.45) is 3.43. The molecule has 4 rings (SSSR count). The predicted octanol–water partition coefficient (Wildman–Crippen LogP) is 3.88. The lowest BCUT2D eigenvalue weighted by Gasteiger charge is -2.06. The van der Waals surface area contributed by atoms with Gasteiger partial charge < -0.3 is 5.32 Å². The van der Waals surface area contributed by atoms with Crippen LogP contribution in [0.3, 0.4) is 0 Å². The van der Waals surface area contributed by atoms with Crippen molar-refractivity contribution in [3.63, 3.8) is 0 Å². The van der Waals surface area contributed by atoms with Crippen LogP contribution < -0.4 is 5.32 Å². The number of benzene rings is 1. The summed E-state index contributed by atoms with van der Waals surface area (Å²) in [6.45, 7) is 1.91. The number of fused-ring (bicyclic) bond motifs is 1. The number of aromatic nitrogens is 5. The number of hydrogen-bond acceptors (Lipinski definition) is 6. The first-order valence-electron chi connectivity index (χ1n) is 8.42. The van der Waals surface area contributed by atoms with Crippen molar-refractivity contribution in [3.8, 4) is 11.3 Å². The third-order valence-electron chi connectivity index (χ3n) is 4.00. The molecule has 0 fully saturated rings. The fourth-order valence-corrected chi connectivity index (χ4v) is 3.40. The number of thioether (sulfide) groups is 1. The van der Waals surface area contributed by atoms with Crippen LogP contribution in [0.15, 0.2) is 60.0 Å². The summed E-state index contributed by atoms with van der Waals surface area (Å²) in [5.41, 5.74) is 3.95. The number of carbonyl (C=O) groups excluding carboxylic acids is 1. The number of carbonyl (C=O) groups is 1. The Balaban J connectivity index is 1.48. The Labute approximate surface area is 170 Å². The Hall–Kier alpha value is -2.97. The molecule has 4 aromatic rings. The van der Waals surface area contributed by atoms with Gasteiger partial charge in [-0.3, -0.25) is 9.78 Å². The number of nitrogens with one attached hydrogen (secondary N) is 1. The number of pyridine rings is 1. The number of halogens is 1. The topological polar surface area (TPSA) is 85.1 Å². The number of aryl methyl sites for hydroxylation is 1. The first-order valence-corrected chi connectivity index (χ1v) is 9.78. The summed E-state index contributed by atoms with van der Waals surface area (Å²) in [5.74, 6) is 0.0138. The maximum atomic E-state index is 12.3. The van der Waals surface area contributed by atoms with Crippen molar-refractivity contribution >= 4 is 40.6 Å². The molecule has 0 saturated heterocycles. The van der Waals surface area contributed by atoms with Gasteiger partial charge in [0.1, 0.15) is 0 Å². The number of amides is 1. The van der Waals surface area contributed by atoms with Gasteiger partial charge in [0.2, 0.25) is 11.1 Å². The molecule has 1 aromatic carbocycles. The maximum absolute atomic E-state index is 12.3. The van der Waals surface area contributed by atoms with E-state index in [0.717, 1.165) is 16.8 Å². The van der Waals surface area contributed by atoms with Gasteiger partial charge in [0.05, 0.1) is 11.4 Å². The summed E-state index contributed by atoms with van der Waals surface area (Å²) in [4.78, 5) is 16.3. The van der Waals surface area contributed by atoms with Gasteiger partial charge in [-0.05, 0) is 48.9 Å². The Kier molecular flexibility index (Phi) is 5.23. The number of anilines is 1. The first kappa shape index (κ1) is 18.4. The highest BCUT2D eigenvalue weighted by Gasteiger charge is 2.12. The van der Waals surface area contributed by atoms with Gasteiger partial charge in [0.25, 0.3) is 0 Å². The number of nitrogens with zero attached hydrogens (tertiary/aromatic N) is 5. The second-order valence-electron chi connectivity index (χ2n) is 6.01. The zero-order valence-corrected chi connectivity index (χ0v) is 16.4. The average molecular weight is 411 g/mol. The minimum atomic E-state index is -0.160. The summed E-state index contributed by atoms with van der Waals surface area (Å²) < 4.78 is 1.64. The fraction of sp³-hybridized carbons (Fsp3) is 0.105. The molecule has 1 amide bonds. The van der Waals surface area contributed by atoms with Crippen molar-refractivity contribution in [2.45, 2.75) is 12.1 Å². The molecule has 9 heteroatoms. The minimum absolute atomic E-state index is 0.160.